The molecule has 1 N–H and O–H groups in total. The van der Waals surface area contributed by atoms with Crippen LogP contribution in [0.2, 0.25) is 0 Å². The molecule has 6 nitrogen and oxygen atoms in total. The van der Waals surface area contributed by atoms with Gasteiger partial charge in [0.05, 0.1) is 24.7 Å². The van der Waals surface area contributed by atoms with Gasteiger partial charge in [-0.15, -0.1) is 11.8 Å². The summed E-state index contributed by atoms with van der Waals surface area (Å²) < 4.78 is 10.1. The third-order valence-electron chi connectivity index (χ3n) is 2.42. The molecule has 0 atom stereocenters. The maximum Gasteiger partial charge on any atom is 0.411 e. The van der Waals surface area contributed by atoms with E-state index < -0.39 is 0 Å². The lowest BCUT2D eigenvalue weighted by Gasteiger charge is -2.09. The van der Waals surface area contributed by atoms with Crippen molar-refractivity contribution >= 4 is 29.1 Å². The minimum absolute atomic E-state index is 0.0128. The van der Waals surface area contributed by atoms with Crippen LogP contribution >= 0.6 is 11.8 Å². The summed E-state index contributed by atoms with van der Waals surface area (Å²) in [4.78, 5) is 15.5. The van der Waals surface area contributed by atoms with Gasteiger partial charge in [-0.25, -0.2) is 0 Å². The van der Waals surface area contributed by atoms with Crippen LogP contribution in [0.5, 0.6) is 5.75 Å². The molecule has 0 aliphatic heterocycles. The normalized spacial score (nSPS) is 9.70. The molecule has 0 aromatic heterocycles. The van der Waals surface area contributed by atoms with Gasteiger partial charge in [-0.05, 0) is 18.7 Å². The van der Waals surface area contributed by atoms with E-state index in [0.29, 0.717) is 23.7 Å². The number of anilines is 1. The summed E-state index contributed by atoms with van der Waals surface area (Å²) in [6, 6.07) is 3.41. The number of carbonyl (C=O) groups is 1. The summed E-state index contributed by atoms with van der Waals surface area (Å²) >= 11 is 1.60. The number of methoxy groups -OCH3 is 1. The zero-order valence-corrected chi connectivity index (χ0v) is 12.6. The fourth-order valence-electron chi connectivity index (χ4n) is 1.58. The molecule has 0 bridgehead atoms. The molecule has 0 fully saturated rings. The van der Waals surface area contributed by atoms with Gasteiger partial charge < -0.3 is 14.8 Å². The van der Waals surface area contributed by atoms with Crippen molar-refractivity contribution in [2.75, 3.05) is 31.3 Å². The van der Waals surface area contributed by atoms with Gasteiger partial charge >= 0.3 is 11.7 Å². The van der Waals surface area contributed by atoms with Crippen molar-refractivity contribution in [3.8, 4) is 5.75 Å². The summed E-state index contributed by atoms with van der Waals surface area (Å²) in [5.74, 6) is 1.15. The van der Waals surface area contributed by atoms with Crippen LogP contribution in [0.4, 0.5) is 11.4 Å². The number of rotatable bonds is 7. The number of hydrogen-bond acceptors (Lipinski definition) is 6. The van der Waals surface area contributed by atoms with Crippen molar-refractivity contribution in [2.24, 2.45) is 0 Å². The highest BCUT2D eigenvalue weighted by Crippen LogP contribution is 2.38. The van der Waals surface area contributed by atoms with E-state index in [0.717, 1.165) is 10.6 Å². The molecule has 1 aromatic carbocycles. The highest BCUT2D eigenvalue weighted by Gasteiger charge is 2.19. The van der Waals surface area contributed by atoms with Gasteiger partial charge in [0.1, 0.15) is 18.0 Å². The highest BCUT2D eigenvalue weighted by atomic mass is 32.2. The quantitative estimate of drug-likeness (QED) is 0.473. The van der Waals surface area contributed by atoms with Crippen molar-refractivity contribution in [1.82, 2.24) is 0 Å². The first-order valence-corrected chi connectivity index (χ1v) is 7.24. The standard InChI is InChI=1S/C13H18N3O3S/c1-4-19-13(17)8-15-9-7-12(20-5-2)11(18-3)6-10(9)16-14/h6-7,15H,4-5,8H2,1-3H3/q+1. The molecule has 0 amide bonds. The largest absolute Gasteiger partial charge is 0.495 e. The Bertz CT molecular complexity index is 514. The lowest BCUT2D eigenvalue weighted by atomic mass is 10.2. The van der Waals surface area contributed by atoms with E-state index >= 15 is 0 Å². The molecule has 0 saturated carbocycles. The number of carbonyl (C=O) groups excluding carboxylic acids is 1. The Balaban J connectivity index is 2.96. The Morgan fingerprint density at radius 3 is 2.75 bits per heavy atom. The Morgan fingerprint density at radius 2 is 2.20 bits per heavy atom. The molecule has 0 unspecified atom stereocenters. The van der Waals surface area contributed by atoms with Crippen molar-refractivity contribution in [2.45, 2.75) is 18.7 Å². The molecule has 0 radical (unpaired) electrons. The Labute approximate surface area is 122 Å². The molecule has 0 heterocycles. The van der Waals surface area contributed by atoms with Crippen molar-refractivity contribution in [3.05, 3.63) is 17.1 Å². The zero-order chi connectivity index (χ0) is 15.0. The number of ether oxygens (including phenoxy) is 2. The van der Waals surface area contributed by atoms with E-state index in [-0.39, 0.29) is 12.5 Å². The lowest BCUT2D eigenvalue weighted by Crippen LogP contribution is -2.16. The van der Waals surface area contributed by atoms with Gasteiger partial charge in [-0.3, -0.25) is 4.79 Å². The summed E-state index contributed by atoms with van der Waals surface area (Å²) in [5.41, 5.74) is 0.865. The molecular weight excluding hydrogens is 278 g/mol. The molecular formula is C13H18N3O3S+. The van der Waals surface area contributed by atoms with Crippen LogP contribution in [-0.2, 0) is 9.53 Å². The number of esters is 1. The van der Waals surface area contributed by atoms with Crippen LogP contribution in [0.25, 0.3) is 4.98 Å². The van der Waals surface area contributed by atoms with Crippen LogP contribution in [0.1, 0.15) is 13.8 Å². The molecule has 0 saturated heterocycles. The minimum atomic E-state index is -0.364. The van der Waals surface area contributed by atoms with Crippen LogP contribution in [0, 0.1) is 5.39 Å². The highest BCUT2D eigenvalue weighted by molar-refractivity contribution is 7.99. The van der Waals surface area contributed by atoms with Crippen molar-refractivity contribution in [1.29, 1.82) is 5.39 Å². The molecule has 0 aliphatic rings. The predicted molar refractivity (Wildman–Crippen MR) is 79.3 cm³/mol. The molecule has 108 valence electrons. The Hall–Kier alpha value is -1.94. The molecule has 1 rings (SSSR count). The van der Waals surface area contributed by atoms with E-state index in [9.17, 15) is 4.79 Å². The summed E-state index contributed by atoms with van der Waals surface area (Å²) in [5, 5.41) is 11.9. The monoisotopic (exact) mass is 296 g/mol. The van der Waals surface area contributed by atoms with Gasteiger partial charge in [0, 0.05) is 0 Å². The predicted octanol–water partition coefficient (Wildman–Crippen LogP) is 3.27. The summed E-state index contributed by atoms with van der Waals surface area (Å²) in [6.07, 6.45) is 0. The van der Waals surface area contributed by atoms with E-state index in [2.05, 4.69) is 10.3 Å². The van der Waals surface area contributed by atoms with Crippen LogP contribution in [-0.4, -0.2) is 32.0 Å². The smallest absolute Gasteiger partial charge is 0.411 e. The topological polar surface area (TPSA) is 75.7 Å². The molecule has 1 aromatic rings. The fraction of sp³-hybridized carbons (Fsp3) is 0.462. The molecule has 0 aliphatic carbocycles. The summed E-state index contributed by atoms with van der Waals surface area (Å²) in [7, 11) is 1.56. The average Bonchev–Trinajstić information content (AvgIpc) is 2.45. The van der Waals surface area contributed by atoms with Gasteiger partial charge in [-0.2, -0.15) is 0 Å². The fourth-order valence-corrected chi connectivity index (χ4v) is 2.38. The van der Waals surface area contributed by atoms with Gasteiger partial charge in [0.15, 0.2) is 4.98 Å². The third kappa shape index (κ3) is 4.31. The first kappa shape index (κ1) is 16.1. The van der Waals surface area contributed by atoms with Gasteiger partial charge in [0.2, 0.25) is 5.39 Å². The SMILES string of the molecule is CCOC(=O)CNc1cc(SCC)c(OC)cc1[N+]#N. The molecule has 7 heteroatoms. The number of nitrogens with zero attached hydrogens (tertiary/aromatic N) is 2. The Morgan fingerprint density at radius 1 is 1.45 bits per heavy atom. The van der Waals surface area contributed by atoms with Crippen LogP contribution in [0.3, 0.4) is 0 Å². The lowest BCUT2D eigenvalue weighted by molar-refractivity contribution is -0.140. The second-order valence-corrected chi connectivity index (χ2v) is 5.02. The number of thioether (sulfide) groups is 1. The number of nitrogens with one attached hydrogen (secondary N) is 1. The van der Waals surface area contributed by atoms with Crippen LogP contribution < -0.4 is 10.1 Å². The summed E-state index contributed by atoms with van der Waals surface area (Å²) in [6.45, 7) is 4.12. The van der Waals surface area contributed by atoms with E-state index in [1.54, 1.807) is 37.9 Å². The molecule has 20 heavy (non-hydrogen) atoms. The number of diazo groups is 1. The Kier molecular flexibility index (Phi) is 6.67. The van der Waals surface area contributed by atoms with Crippen molar-refractivity contribution < 1.29 is 14.3 Å². The van der Waals surface area contributed by atoms with Gasteiger partial charge in [0.25, 0.3) is 0 Å². The zero-order valence-electron chi connectivity index (χ0n) is 11.8. The maximum atomic E-state index is 11.3. The number of hydrogen-bond donors (Lipinski definition) is 1. The van der Waals surface area contributed by atoms with E-state index in [1.165, 1.54) is 0 Å². The van der Waals surface area contributed by atoms with Gasteiger partial charge in [-0.1, -0.05) is 6.92 Å². The maximum absolute atomic E-state index is 11.3. The van der Waals surface area contributed by atoms with E-state index in [4.69, 9.17) is 14.9 Å². The van der Waals surface area contributed by atoms with E-state index in [1.807, 2.05) is 6.92 Å². The van der Waals surface area contributed by atoms with Crippen molar-refractivity contribution in [3.63, 3.8) is 0 Å². The first-order chi connectivity index (χ1) is 9.65. The minimum Gasteiger partial charge on any atom is -0.495 e. The van der Waals surface area contributed by atoms with Crippen LogP contribution in [0.15, 0.2) is 17.0 Å². The third-order valence-corrected chi connectivity index (χ3v) is 3.34. The average molecular weight is 296 g/mol. The second-order valence-electron chi connectivity index (χ2n) is 3.71. The second kappa shape index (κ2) is 8.27. The number of benzene rings is 1. The molecule has 0 spiro atoms. The first-order valence-electron chi connectivity index (χ1n) is 6.25.